The van der Waals surface area contributed by atoms with E-state index in [1.807, 2.05) is 25.9 Å². The Kier molecular flexibility index (Phi) is 22.0. The van der Waals surface area contributed by atoms with Crippen LogP contribution in [0.3, 0.4) is 0 Å². The van der Waals surface area contributed by atoms with Crippen LogP contribution in [0.5, 0.6) is 0 Å². The zero-order valence-corrected chi connectivity index (χ0v) is 21.9. The van der Waals surface area contributed by atoms with Crippen molar-refractivity contribution in [1.82, 2.24) is 10.2 Å². The van der Waals surface area contributed by atoms with E-state index < -0.39 is 0 Å². The van der Waals surface area contributed by atoms with E-state index in [2.05, 4.69) is 36.5 Å². The maximum absolute atomic E-state index is 11.9. The van der Waals surface area contributed by atoms with Gasteiger partial charge in [-0.3, -0.25) is 9.59 Å². The predicted octanol–water partition coefficient (Wildman–Crippen LogP) is 6.74. The van der Waals surface area contributed by atoms with E-state index in [0.29, 0.717) is 6.42 Å². The Morgan fingerprint density at radius 3 is 2.22 bits per heavy atom. The van der Waals surface area contributed by atoms with Gasteiger partial charge < -0.3 is 15.0 Å². The van der Waals surface area contributed by atoms with Crippen LogP contribution in [0.1, 0.15) is 90.9 Å². The molecule has 1 atom stereocenters. The average Bonchev–Trinajstić information content (AvgIpc) is 2.74. The zero-order chi connectivity index (χ0) is 23.9. The number of hydrogen-bond donors (Lipinski definition) is 1. The molecule has 0 aromatic rings. The lowest BCUT2D eigenvalue weighted by molar-refractivity contribution is -0.144. The molecule has 0 fully saturated rings. The summed E-state index contributed by atoms with van der Waals surface area (Å²) in [6, 6.07) is -0.163. The second-order valence-electron chi connectivity index (χ2n) is 8.65. The fourth-order valence-corrected chi connectivity index (χ4v) is 3.89. The summed E-state index contributed by atoms with van der Waals surface area (Å²) in [7, 11) is 3.96. The summed E-state index contributed by atoms with van der Waals surface area (Å²) in [4.78, 5) is 25.7. The smallest absolute Gasteiger partial charge is 0.305 e. The Bertz CT molecular complexity index is 521. The van der Waals surface area contributed by atoms with Crippen LogP contribution in [0, 0.1) is 0 Å². The van der Waals surface area contributed by atoms with Gasteiger partial charge in [0.2, 0.25) is 0 Å². The number of carbonyl (C=O) groups is 2. The number of carbonyl (C=O) groups excluding carboxylic acids is 2. The number of thioether (sulfide) groups is 1. The minimum Gasteiger partial charge on any atom is -0.463 e. The molecule has 0 aromatic carbocycles. The number of nitrogens with one attached hydrogen (secondary N) is 1. The third-order valence-electron chi connectivity index (χ3n) is 4.96. The second kappa shape index (κ2) is 22.9. The molecule has 0 aliphatic carbocycles. The van der Waals surface area contributed by atoms with Crippen molar-refractivity contribution in [2.75, 3.05) is 33.0 Å². The largest absolute Gasteiger partial charge is 0.463 e. The fourth-order valence-electron chi connectivity index (χ4n) is 2.96. The maximum atomic E-state index is 11.9. The second-order valence-corrected chi connectivity index (χ2v) is 9.72. The monoisotopic (exact) mass is 468 g/mol. The van der Waals surface area contributed by atoms with Crippen LogP contribution < -0.4 is 5.32 Å². The molecular weight excluding hydrogens is 420 g/mol. The highest BCUT2D eigenvalue weighted by molar-refractivity contribution is 8.13. The number of amides is 1. The van der Waals surface area contributed by atoms with Crippen LogP contribution in [0.15, 0.2) is 24.3 Å². The third-order valence-corrected chi connectivity index (χ3v) is 5.73. The minimum absolute atomic E-state index is 0.0647. The molecule has 0 rings (SSSR count). The van der Waals surface area contributed by atoms with Crippen LogP contribution in [-0.4, -0.2) is 55.2 Å². The normalized spacial score (nSPS) is 12.7. The van der Waals surface area contributed by atoms with Crippen molar-refractivity contribution in [3.05, 3.63) is 24.3 Å². The highest BCUT2D eigenvalue weighted by Crippen LogP contribution is 2.10. The Hall–Kier alpha value is -1.27. The van der Waals surface area contributed by atoms with E-state index in [0.717, 1.165) is 38.0 Å². The Morgan fingerprint density at radius 2 is 1.56 bits per heavy atom. The van der Waals surface area contributed by atoms with Crippen LogP contribution in [0.4, 0.5) is 4.79 Å². The molecule has 32 heavy (non-hydrogen) atoms. The molecule has 0 heterocycles. The van der Waals surface area contributed by atoms with Crippen LogP contribution in [0.25, 0.3) is 0 Å². The molecule has 186 valence electrons. The lowest BCUT2D eigenvalue weighted by Crippen LogP contribution is -2.34. The zero-order valence-electron chi connectivity index (χ0n) is 21.1. The number of unbranched alkanes of at least 4 members (excludes halogenated alkanes) is 8. The van der Waals surface area contributed by atoms with E-state index in [1.165, 1.54) is 56.7 Å². The molecule has 0 aliphatic heterocycles. The highest BCUT2D eigenvalue weighted by atomic mass is 32.2. The lowest BCUT2D eigenvalue weighted by Gasteiger charge is -2.14. The van der Waals surface area contributed by atoms with E-state index in [1.54, 1.807) is 0 Å². The molecule has 0 spiro atoms. The minimum atomic E-state index is -0.166. The summed E-state index contributed by atoms with van der Waals surface area (Å²) >= 11 is 1.26. The SMILES string of the molecule is CCCC/C=C\C/C=C\CCCCCCCCC(=O)OCC(C)NC(=O)SCCN(C)C. The molecule has 0 bridgehead atoms. The first kappa shape index (κ1) is 30.7. The summed E-state index contributed by atoms with van der Waals surface area (Å²) in [6.07, 6.45) is 22.4. The molecule has 0 aliphatic rings. The van der Waals surface area contributed by atoms with Gasteiger partial charge in [0.1, 0.15) is 6.61 Å². The predicted molar refractivity (Wildman–Crippen MR) is 139 cm³/mol. The molecule has 5 nitrogen and oxygen atoms in total. The van der Waals surface area contributed by atoms with Gasteiger partial charge in [0, 0.05) is 18.7 Å². The van der Waals surface area contributed by atoms with Crippen LogP contribution in [0.2, 0.25) is 0 Å². The summed E-state index contributed by atoms with van der Waals surface area (Å²) in [5.41, 5.74) is 0. The van der Waals surface area contributed by atoms with Gasteiger partial charge in [0.05, 0.1) is 6.04 Å². The fraction of sp³-hybridized carbons (Fsp3) is 0.769. The van der Waals surface area contributed by atoms with Gasteiger partial charge in [0.15, 0.2) is 0 Å². The number of rotatable bonds is 20. The molecule has 1 N–H and O–H groups in total. The maximum Gasteiger partial charge on any atom is 0.305 e. The summed E-state index contributed by atoms with van der Waals surface area (Å²) < 4.78 is 5.28. The van der Waals surface area contributed by atoms with Crippen molar-refractivity contribution in [2.24, 2.45) is 0 Å². The molecule has 1 amide bonds. The van der Waals surface area contributed by atoms with Gasteiger partial charge in [-0.15, -0.1) is 0 Å². The van der Waals surface area contributed by atoms with Crippen LogP contribution in [-0.2, 0) is 9.53 Å². The topological polar surface area (TPSA) is 58.6 Å². The van der Waals surface area contributed by atoms with Crippen molar-refractivity contribution < 1.29 is 14.3 Å². The van der Waals surface area contributed by atoms with Gasteiger partial charge >= 0.3 is 5.97 Å². The van der Waals surface area contributed by atoms with Gasteiger partial charge in [-0.2, -0.15) is 0 Å². The molecule has 0 radical (unpaired) electrons. The first-order valence-electron chi connectivity index (χ1n) is 12.5. The van der Waals surface area contributed by atoms with E-state index in [4.69, 9.17) is 4.74 Å². The summed E-state index contributed by atoms with van der Waals surface area (Å²) in [5.74, 6) is 0.582. The number of allylic oxidation sites excluding steroid dienone is 4. The molecule has 6 heteroatoms. The van der Waals surface area contributed by atoms with Crippen molar-refractivity contribution in [3.63, 3.8) is 0 Å². The highest BCUT2D eigenvalue weighted by Gasteiger charge is 2.10. The van der Waals surface area contributed by atoms with Crippen LogP contribution >= 0.6 is 11.8 Å². The van der Waals surface area contributed by atoms with E-state index >= 15 is 0 Å². The first-order chi connectivity index (χ1) is 15.5. The number of esters is 1. The number of ether oxygens (including phenoxy) is 1. The average molecular weight is 469 g/mol. The molecule has 0 saturated heterocycles. The van der Waals surface area contributed by atoms with Crippen molar-refractivity contribution >= 4 is 23.0 Å². The standard InChI is InChI=1S/C26H48N2O3S/c1-5-6-7-8-9-10-11-12-13-14-15-16-17-18-19-20-25(29)31-23-24(2)27-26(30)32-22-21-28(3)4/h8-9,11-12,24H,5-7,10,13-23H2,1-4H3,(H,27,30)/b9-8-,12-11-. The van der Waals surface area contributed by atoms with Gasteiger partial charge in [-0.05, 0) is 53.1 Å². The van der Waals surface area contributed by atoms with Gasteiger partial charge in [0.25, 0.3) is 5.24 Å². The Balaban J connectivity index is 3.49. The quantitative estimate of drug-likeness (QED) is 0.122. The third kappa shape index (κ3) is 23.4. The number of nitrogens with zero attached hydrogens (tertiary/aromatic N) is 1. The van der Waals surface area contributed by atoms with Crippen molar-refractivity contribution in [1.29, 1.82) is 0 Å². The Morgan fingerprint density at radius 1 is 0.938 bits per heavy atom. The summed E-state index contributed by atoms with van der Waals surface area (Å²) in [6.45, 7) is 5.18. The molecular formula is C26H48N2O3S. The lowest BCUT2D eigenvalue weighted by atomic mass is 10.1. The van der Waals surface area contributed by atoms with Gasteiger partial charge in [-0.25, -0.2) is 0 Å². The van der Waals surface area contributed by atoms with Gasteiger partial charge in [-0.1, -0.05) is 81.5 Å². The number of hydrogen-bond acceptors (Lipinski definition) is 5. The molecule has 0 saturated carbocycles. The molecule has 1 unspecified atom stereocenters. The Labute approximate surface area is 201 Å². The van der Waals surface area contributed by atoms with E-state index in [9.17, 15) is 9.59 Å². The summed E-state index contributed by atoms with van der Waals surface area (Å²) in [5, 5.41) is 2.79. The van der Waals surface area contributed by atoms with Crippen molar-refractivity contribution in [2.45, 2.75) is 96.9 Å². The van der Waals surface area contributed by atoms with E-state index in [-0.39, 0.29) is 23.9 Å². The van der Waals surface area contributed by atoms with Crippen molar-refractivity contribution in [3.8, 4) is 0 Å². The molecule has 0 aromatic heterocycles. The first-order valence-corrected chi connectivity index (χ1v) is 13.5.